The molecule has 0 fully saturated rings. The van der Waals surface area contributed by atoms with Gasteiger partial charge in [0.2, 0.25) is 5.88 Å². The van der Waals surface area contributed by atoms with Gasteiger partial charge in [0.25, 0.3) is 0 Å². The number of anilines is 1. The van der Waals surface area contributed by atoms with Gasteiger partial charge >= 0.3 is 0 Å². The molecule has 2 aromatic heterocycles. The number of ether oxygens (including phenoxy) is 1. The molecule has 0 aliphatic rings. The molecular formula is C15H12BrN3O2. The number of pyridine rings is 1. The number of nitrogens with two attached hydrogens (primary N) is 1. The zero-order chi connectivity index (χ0) is 14.8. The first-order chi connectivity index (χ1) is 10.2. The number of aromatic nitrogens is 2. The normalized spacial score (nSPS) is 10.6. The van der Waals surface area contributed by atoms with Gasteiger partial charge in [-0.15, -0.1) is 0 Å². The van der Waals surface area contributed by atoms with Gasteiger partial charge in [-0.25, -0.2) is 0 Å². The molecule has 0 bridgehead atoms. The second-order valence-corrected chi connectivity index (χ2v) is 5.27. The summed E-state index contributed by atoms with van der Waals surface area (Å²) in [5, 5.41) is 4.08. The van der Waals surface area contributed by atoms with Gasteiger partial charge in [-0.05, 0) is 24.3 Å². The van der Waals surface area contributed by atoms with Crippen molar-refractivity contribution in [3.8, 4) is 28.1 Å². The lowest BCUT2D eigenvalue weighted by Crippen LogP contribution is -1.91. The fourth-order valence-corrected chi connectivity index (χ4v) is 2.48. The van der Waals surface area contributed by atoms with E-state index >= 15 is 0 Å². The molecule has 0 radical (unpaired) electrons. The minimum absolute atomic E-state index is 0.253. The average molecular weight is 346 g/mol. The maximum atomic E-state index is 5.93. The van der Waals surface area contributed by atoms with Crippen LogP contribution >= 0.6 is 15.9 Å². The lowest BCUT2D eigenvalue weighted by molar-refractivity contribution is 0.413. The Morgan fingerprint density at radius 1 is 1.29 bits per heavy atom. The number of benzene rings is 1. The van der Waals surface area contributed by atoms with Crippen LogP contribution in [0.2, 0.25) is 0 Å². The van der Waals surface area contributed by atoms with Crippen molar-refractivity contribution in [2.75, 3.05) is 12.8 Å². The molecule has 2 heterocycles. The lowest BCUT2D eigenvalue weighted by Gasteiger charge is -2.08. The van der Waals surface area contributed by atoms with E-state index in [1.165, 1.54) is 0 Å². The number of hydrogen-bond acceptors (Lipinski definition) is 5. The highest BCUT2D eigenvalue weighted by atomic mass is 79.9. The molecule has 3 rings (SSSR count). The van der Waals surface area contributed by atoms with Crippen molar-refractivity contribution in [2.45, 2.75) is 0 Å². The van der Waals surface area contributed by atoms with E-state index in [0.29, 0.717) is 17.0 Å². The number of nitrogens with zero attached hydrogens (tertiary/aromatic N) is 2. The third kappa shape index (κ3) is 2.50. The quantitative estimate of drug-likeness (QED) is 0.782. The van der Waals surface area contributed by atoms with Crippen molar-refractivity contribution in [3.63, 3.8) is 0 Å². The fourth-order valence-electron chi connectivity index (χ4n) is 2.14. The van der Waals surface area contributed by atoms with Crippen LogP contribution in [0.4, 0.5) is 5.88 Å². The first-order valence-electron chi connectivity index (χ1n) is 6.20. The molecule has 0 amide bonds. The number of nitrogen functional groups attached to an aromatic ring is 1. The summed E-state index contributed by atoms with van der Waals surface area (Å²) in [4.78, 5) is 4.11. The van der Waals surface area contributed by atoms with Gasteiger partial charge in [0, 0.05) is 28.0 Å². The molecule has 2 N–H and O–H groups in total. The summed E-state index contributed by atoms with van der Waals surface area (Å²) >= 11 is 3.42. The van der Waals surface area contributed by atoms with E-state index in [1.54, 1.807) is 19.5 Å². The smallest absolute Gasteiger partial charge is 0.230 e. The maximum absolute atomic E-state index is 5.93. The zero-order valence-corrected chi connectivity index (χ0v) is 12.8. The zero-order valence-electron chi connectivity index (χ0n) is 11.2. The Morgan fingerprint density at radius 3 is 2.86 bits per heavy atom. The van der Waals surface area contributed by atoms with Crippen molar-refractivity contribution < 1.29 is 9.26 Å². The number of halogens is 1. The van der Waals surface area contributed by atoms with Crippen molar-refractivity contribution in [2.24, 2.45) is 0 Å². The van der Waals surface area contributed by atoms with Gasteiger partial charge in [0.05, 0.1) is 12.7 Å². The Kier molecular flexibility index (Phi) is 3.62. The average Bonchev–Trinajstić information content (AvgIpc) is 2.89. The predicted molar refractivity (Wildman–Crippen MR) is 83.8 cm³/mol. The predicted octanol–water partition coefficient (Wildman–Crippen LogP) is 3.76. The van der Waals surface area contributed by atoms with Crippen molar-refractivity contribution in [1.82, 2.24) is 10.1 Å². The van der Waals surface area contributed by atoms with Crippen LogP contribution in [0, 0.1) is 0 Å². The van der Waals surface area contributed by atoms with Crippen LogP contribution < -0.4 is 10.5 Å². The Balaban J connectivity index is 2.21. The molecule has 6 heteroatoms. The van der Waals surface area contributed by atoms with Crippen LogP contribution in [0.1, 0.15) is 0 Å². The lowest BCUT2D eigenvalue weighted by atomic mass is 10.0. The van der Waals surface area contributed by atoms with Crippen LogP contribution in [-0.4, -0.2) is 17.3 Å². The largest absolute Gasteiger partial charge is 0.496 e. The molecule has 21 heavy (non-hydrogen) atoms. The van der Waals surface area contributed by atoms with E-state index in [2.05, 4.69) is 26.1 Å². The minimum atomic E-state index is 0.253. The molecule has 0 atom stereocenters. The Morgan fingerprint density at radius 2 is 2.14 bits per heavy atom. The standard InChI is InChI=1S/C15H12BrN3O2/c1-20-12-7-10(16)4-5-11(12)14-13(15(17)21-19-14)9-3-2-6-18-8-9/h2-8H,17H2,1H3. The van der Waals surface area contributed by atoms with E-state index < -0.39 is 0 Å². The molecule has 106 valence electrons. The van der Waals surface area contributed by atoms with E-state index in [9.17, 15) is 0 Å². The highest BCUT2D eigenvalue weighted by Crippen LogP contribution is 2.40. The van der Waals surface area contributed by atoms with Gasteiger partial charge in [-0.3, -0.25) is 4.98 Å². The summed E-state index contributed by atoms with van der Waals surface area (Å²) in [7, 11) is 1.61. The van der Waals surface area contributed by atoms with Gasteiger partial charge < -0.3 is 15.0 Å². The molecule has 5 nitrogen and oxygen atoms in total. The number of methoxy groups -OCH3 is 1. The SMILES string of the molecule is COc1cc(Br)ccc1-c1noc(N)c1-c1cccnc1. The van der Waals surface area contributed by atoms with Crippen molar-refractivity contribution >= 4 is 21.8 Å². The molecule has 0 unspecified atom stereocenters. The summed E-state index contributed by atoms with van der Waals surface area (Å²) in [6.07, 6.45) is 3.42. The van der Waals surface area contributed by atoms with Gasteiger partial charge in [0.1, 0.15) is 11.4 Å². The fraction of sp³-hybridized carbons (Fsp3) is 0.0667. The molecular weight excluding hydrogens is 334 g/mol. The molecule has 0 saturated carbocycles. The highest BCUT2D eigenvalue weighted by molar-refractivity contribution is 9.10. The second-order valence-electron chi connectivity index (χ2n) is 4.36. The van der Waals surface area contributed by atoms with E-state index in [-0.39, 0.29) is 5.88 Å². The Hall–Kier alpha value is -2.34. The monoisotopic (exact) mass is 345 g/mol. The summed E-state index contributed by atoms with van der Waals surface area (Å²) < 4.78 is 11.5. The van der Waals surface area contributed by atoms with Crippen molar-refractivity contribution in [1.29, 1.82) is 0 Å². The van der Waals surface area contributed by atoms with Gasteiger partial charge in [-0.1, -0.05) is 27.2 Å². The first-order valence-corrected chi connectivity index (χ1v) is 6.99. The van der Waals surface area contributed by atoms with Crippen LogP contribution in [0.15, 0.2) is 51.7 Å². The molecule has 0 aliphatic heterocycles. The first kappa shape index (κ1) is 13.6. The van der Waals surface area contributed by atoms with Gasteiger partial charge in [-0.2, -0.15) is 0 Å². The van der Waals surface area contributed by atoms with Crippen LogP contribution in [0.25, 0.3) is 22.4 Å². The van der Waals surface area contributed by atoms with E-state index in [0.717, 1.165) is 15.6 Å². The Bertz CT molecular complexity index is 772. The molecule has 1 aromatic carbocycles. The summed E-state index contributed by atoms with van der Waals surface area (Å²) in [5.74, 6) is 0.936. The third-order valence-electron chi connectivity index (χ3n) is 3.09. The number of hydrogen-bond donors (Lipinski definition) is 1. The topological polar surface area (TPSA) is 74.2 Å². The van der Waals surface area contributed by atoms with Crippen LogP contribution in [0.5, 0.6) is 5.75 Å². The summed E-state index contributed by atoms with van der Waals surface area (Å²) in [6, 6.07) is 9.43. The minimum Gasteiger partial charge on any atom is -0.496 e. The molecule has 0 aliphatic carbocycles. The molecule has 0 saturated heterocycles. The third-order valence-corrected chi connectivity index (χ3v) is 3.58. The molecule has 0 spiro atoms. The van der Waals surface area contributed by atoms with Gasteiger partial charge in [0.15, 0.2) is 0 Å². The molecule has 3 aromatic rings. The highest BCUT2D eigenvalue weighted by Gasteiger charge is 2.20. The van der Waals surface area contributed by atoms with Crippen molar-refractivity contribution in [3.05, 3.63) is 47.2 Å². The van der Waals surface area contributed by atoms with Crippen LogP contribution in [-0.2, 0) is 0 Å². The Labute approximate surface area is 129 Å². The van der Waals surface area contributed by atoms with E-state index in [1.807, 2.05) is 30.3 Å². The summed E-state index contributed by atoms with van der Waals surface area (Å²) in [5.41, 5.74) is 8.92. The number of rotatable bonds is 3. The maximum Gasteiger partial charge on any atom is 0.230 e. The van der Waals surface area contributed by atoms with Crippen LogP contribution in [0.3, 0.4) is 0 Å². The second kappa shape index (κ2) is 5.57. The summed E-state index contributed by atoms with van der Waals surface area (Å²) in [6.45, 7) is 0. The van der Waals surface area contributed by atoms with E-state index in [4.69, 9.17) is 15.0 Å².